The summed E-state index contributed by atoms with van der Waals surface area (Å²) in [6.45, 7) is 1.36. The van der Waals surface area contributed by atoms with Crippen molar-refractivity contribution in [3.63, 3.8) is 0 Å². The van der Waals surface area contributed by atoms with Crippen LogP contribution >= 0.6 is 0 Å². The SMILES string of the molecule is CC(=O)Nc1n[nH]c2ccc(C(=O)O)cc12. The number of amides is 1. The van der Waals surface area contributed by atoms with Crippen molar-refractivity contribution >= 4 is 28.6 Å². The molecule has 0 bridgehead atoms. The van der Waals surface area contributed by atoms with Crippen LogP contribution in [0.1, 0.15) is 17.3 Å². The van der Waals surface area contributed by atoms with Gasteiger partial charge in [0.25, 0.3) is 0 Å². The normalized spacial score (nSPS) is 10.3. The summed E-state index contributed by atoms with van der Waals surface area (Å²) in [5.74, 6) is -0.934. The van der Waals surface area contributed by atoms with Crippen LogP contribution in [0.3, 0.4) is 0 Å². The van der Waals surface area contributed by atoms with Gasteiger partial charge >= 0.3 is 5.97 Å². The quantitative estimate of drug-likeness (QED) is 0.707. The summed E-state index contributed by atoms with van der Waals surface area (Å²) >= 11 is 0. The number of carboxylic acids is 1. The van der Waals surface area contributed by atoms with Gasteiger partial charge in [-0.3, -0.25) is 9.89 Å². The number of nitrogens with zero attached hydrogens (tertiary/aromatic N) is 1. The standard InChI is InChI=1S/C10H9N3O3/c1-5(14)11-9-7-4-6(10(15)16)2-3-8(7)12-13-9/h2-4H,1H3,(H,15,16)(H2,11,12,13,14). The van der Waals surface area contributed by atoms with E-state index in [1.807, 2.05) is 0 Å². The molecule has 2 aromatic rings. The zero-order valence-corrected chi connectivity index (χ0v) is 8.44. The summed E-state index contributed by atoms with van der Waals surface area (Å²) in [6.07, 6.45) is 0. The van der Waals surface area contributed by atoms with E-state index in [1.54, 1.807) is 6.07 Å². The van der Waals surface area contributed by atoms with Gasteiger partial charge in [0.2, 0.25) is 5.91 Å². The Bertz CT molecular complexity index is 574. The summed E-state index contributed by atoms with van der Waals surface area (Å²) in [5.41, 5.74) is 0.828. The molecule has 0 aliphatic rings. The highest BCUT2D eigenvalue weighted by Gasteiger charge is 2.10. The molecule has 6 nitrogen and oxygen atoms in total. The lowest BCUT2D eigenvalue weighted by molar-refractivity contribution is -0.114. The molecule has 1 amide bonds. The second-order valence-electron chi connectivity index (χ2n) is 3.32. The number of H-pyrrole nitrogens is 1. The van der Waals surface area contributed by atoms with Crippen molar-refractivity contribution in [3.05, 3.63) is 23.8 Å². The number of carbonyl (C=O) groups is 2. The maximum atomic E-state index is 10.9. The number of nitrogens with one attached hydrogen (secondary N) is 2. The largest absolute Gasteiger partial charge is 0.478 e. The molecule has 82 valence electrons. The lowest BCUT2D eigenvalue weighted by Crippen LogP contribution is -2.06. The fraction of sp³-hybridized carbons (Fsp3) is 0.100. The van der Waals surface area contributed by atoms with Gasteiger partial charge in [-0.05, 0) is 18.2 Å². The molecule has 0 spiro atoms. The molecule has 0 radical (unpaired) electrons. The Balaban J connectivity index is 2.55. The Hall–Kier alpha value is -2.37. The molecule has 0 unspecified atom stereocenters. The second-order valence-corrected chi connectivity index (χ2v) is 3.32. The number of hydrogen-bond donors (Lipinski definition) is 3. The van der Waals surface area contributed by atoms with E-state index in [9.17, 15) is 9.59 Å². The Morgan fingerprint density at radius 2 is 2.19 bits per heavy atom. The number of carboxylic acid groups (broad SMARTS) is 1. The highest BCUT2D eigenvalue weighted by atomic mass is 16.4. The molecule has 16 heavy (non-hydrogen) atoms. The van der Waals surface area contributed by atoms with Gasteiger partial charge in [-0.15, -0.1) is 0 Å². The van der Waals surface area contributed by atoms with E-state index in [0.29, 0.717) is 16.7 Å². The minimum Gasteiger partial charge on any atom is -0.478 e. The molecular weight excluding hydrogens is 210 g/mol. The molecule has 0 fully saturated rings. The lowest BCUT2D eigenvalue weighted by Gasteiger charge is -1.98. The molecule has 0 atom stereocenters. The molecule has 3 N–H and O–H groups in total. The molecule has 0 saturated heterocycles. The van der Waals surface area contributed by atoms with Gasteiger partial charge in [-0.1, -0.05) is 0 Å². The van der Waals surface area contributed by atoms with Crippen molar-refractivity contribution in [3.8, 4) is 0 Å². The lowest BCUT2D eigenvalue weighted by atomic mass is 10.1. The third kappa shape index (κ3) is 1.72. The summed E-state index contributed by atoms with van der Waals surface area (Å²) in [6, 6.07) is 4.55. The molecule has 0 saturated carbocycles. The first-order valence-electron chi connectivity index (χ1n) is 4.57. The maximum Gasteiger partial charge on any atom is 0.335 e. The average molecular weight is 219 g/mol. The number of fused-ring (bicyclic) bond motifs is 1. The Morgan fingerprint density at radius 3 is 2.81 bits per heavy atom. The molecule has 1 aromatic heterocycles. The molecule has 6 heteroatoms. The smallest absolute Gasteiger partial charge is 0.335 e. The number of aromatic nitrogens is 2. The number of anilines is 1. The predicted molar refractivity (Wildman–Crippen MR) is 57.4 cm³/mol. The van der Waals surface area contributed by atoms with Crippen LogP contribution < -0.4 is 5.32 Å². The number of aromatic amines is 1. The molecule has 2 rings (SSSR count). The number of aromatic carboxylic acids is 1. The minimum absolute atomic E-state index is 0.153. The maximum absolute atomic E-state index is 10.9. The van der Waals surface area contributed by atoms with Crippen LogP contribution in [0.4, 0.5) is 5.82 Å². The molecule has 1 aromatic carbocycles. The monoisotopic (exact) mass is 219 g/mol. The van der Waals surface area contributed by atoms with Crippen molar-refractivity contribution < 1.29 is 14.7 Å². The van der Waals surface area contributed by atoms with E-state index in [0.717, 1.165) is 0 Å². The summed E-state index contributed by atoms with van der Waals surface area (Å²) in [7, 11) is 0. The summed E-state index contributed by atoms with van der Waals surface area (Å²) in [5, 5.41) is 18.5. The highest BCUT2D eigenvalue weighted by molar-refractivity contribution is 6.01. The van der Waals surface area contributed by atoms with E-state index in [4.69, 9.17) is 5.11 Å². The van der Waals surface area contributed by atoms with Crippen molar-refractivity contribution in [2.45, 2.75) is 6.92 Å². The average Bonchev–Trinajstić information content (AvgIpc) is 2.60. The fourth-order valence-corrected chi connectivity index (χ4v) is 1.41. The van der Waals surface area contributed by atoms with Crippen LogP contribution in [-0.2, 0) is 4.79 Å². The highest BCUT2D eigenvalue weighted by Crippen LogP contribution is 2.21. The Morgan fingerprint density at radius 1 is 1.44 bits per heavy atom. The molecular formula is C10H9N3O3. The van der Waals surface area contributed by atoms with E-state index in [2.05, 4.69) is 15.5 Å². The van der Waals surface area contributed by atoms with Gasteiger partial charge in [0.05, 0.1) is 11.1 Å². The van der Waals surface area contributed by atoms with Gasteiger partial charge in [0.1, 0.15) is 0 Å². The number of hydrogen-bond acceptors (Lipinski definition) is 3. The van der Waals surface area contributed by atoms with Crippen molar-refractivity contribution in [2.75, 3.05) is 5.32 Å². The van der Waals surface area contributed by atoms with Gasteiger partial charge in [-0.2, -0.15) is 5.10 Å². The van der Waals surface area contributed by atoms with E-state index in [1.165, 1.54) is 19.1 Å². The van der Waals surface area contributed by atoms with E-state index in [-0.39, 0.29) is 11.5 Å². The van der Waals surface area contributed by atoms with Crippen LogP contribution in [0.25, 0.3) is 10.9 Å². The number of benzene rings is 1. The Labute approximate surface area is 90.3 Å². The first kappa shape index (κ1) is 10.2. The van der Waals surface area contributed by atoms with Gasteiger partial charge in [0, 0.05) is 12.3 Å². The van der Waals surface area contributed by atoms with Crippen LogP contribution in [0, 0.1) is 0 Å². The zero-order valence-electron chi connectivity index (χ0n) is 8.44. The predicted octanol–water partition coefficient (Wildman–Crippen LogP) is 1.22. The van der Waals surface area contributed by atoms with Crippen molar-refractivity contribution in [1.82, 2.24) is 10.2 Å². The molecule has 0 aliphatic carbocycles. The van der Waals surface area contributed by atoms with Crippen molar-refractivity contribution in [2.24, 2.45) is 0 Å². The minimum atomic E-state index is -1.02. The molecule has 0 aliphatic heterocycles. The summed E-state index contributed by atoms with van der Waals surface area (Å²) < 4.78 is 0. The zero-order chi connectivity index (χ0) is 11.7. The topological polar surface area (TPSA) is 95.1 Å². The van der Waals surface area contributed by atoms with Crippen LogP contribution in [0.2, 0.25) is 0 Å². The first-order valence-corrected chi connectivity index (χ1v) is 4.57. The fourth-order valence-electron chi connectivity index (χ4n) is 1.41. The van der Waals surface area contributed by atoms with E-state index >= 15 is 0 Å². The Kier molecular flexibility index (Phi) is 2.32. The van der Waals surface area contributed by atoms with Crippen LogP contribution in [-0.4, -0.2) is 27.2 Å². The third-order valence-corrected chi connectivity index (χ3v) is 2.10. The molecule has 1 heterocycles. The van der Waals surface area contributed by atoms with Crippen molar-refractivity contribution in [1.29, 1.82) is 0 Å². The number of rotatable bonds is 2. The number of carbonyl (C=O) groups excluding carboxylic acids is 1. The van der Waals surface area contributed by atoms with Crippen LogP contribution in [0.5, 0.6) is 0 Å². The van der Waals surface area contributed by atoms with E-state index < -0.39 is 5.97 Å². The van der Waals surface area contributed by atoms with Gasteiger partial charge in [0.15, 0.2) is 5.82 Å². The van der Waals surface area contributed by atoms with Crippen LogP contribution in [0.15, 0.2) is 18.2 Å². The third-order valence-electron chi connectivity index (χ3n) is 2.10. The second kappa shape index (κ2) is 3.65. The summed E-state index contributed by atoms with van der Waals surface area (Å²) in [4.78, 5) is 21.7. The van der Waals surface area contributed by atoms with Gasteiger partial charge in [-0.25, -0.2) is 4.79 Å². The van der Waals surface area contributed by atoms with Gasteiger partial charge < -0.3 is 10.4 Å². The first-order chi connectivity index (χ1) is 7.58.